The first-order chi connectivity index (χ1) is 9.56. The maximum absolute atomic E-state index is 10.5. The molecule has 2 rings (SSSR count). The summed E-state index contributed by atoms with van der Waals surface area (Å²) in [5.74, 6) is 0. The predicted molar refractivity (Wildman–Crippen MR) is 78.3 cm³/mol. The van der Waals surface area contributed by atoms with Gasteiger partial charge in [-0.05, 0) is 18.9 Å². The van der Waals surface area contributed by atoms with Crippen LogP contribution >= 0.6 is 0 Å². The van der Waals surface area contributed by atoms with E-state index in [1.807, 2.05) is 44.2 Å². The molecule has 20 heavy (non-hydrogen) atoms. The van der Waals surface area contributed by atoms with E-state index in [9.17, 15) is 10.2 Å². The molecular weight excluding hydrogens is 254 g/mol. The fourth-order valence-corrected chi connectivity index (χ4v) is 2.92. The second-order valence-corrected chi connectivity index (χ2v) is 5.81. The first kappa shape index (κ1) is 15.4. The van der Waals surface area contributed by atoms with Crippen molar-refractivity contribution in [2.45, 2.75) is 57.1 Å². The zero-order chi connectivity index (χ0) is 14.6. The number of nitrogens with one attached hydrogen (secondary N) is 1. The fraction of sp³-hybridized carbons (Fsp3) is 0.625. The van der Waals surface area contributed by atoms with E-state index in [4.69, 9.17) is 4.74 Å². The Labute approximate surface area is 120 Å². The van der Waals surface area contributed by atoms with Crippen LogP contribution in [-0.4, -0.2) is 40.6 Å². The summed E-state index contributed by atoms with van der Waals surface area (Å²) in [4.78, 5) is 0. The molecule has 0 saturated carbocycles. The lowest BCUT2D eigenvalue weighted by Crippen LogP contribution is -2.63. The third-order valence-corrected chi connectivity index (χ3v) is 4.14. The van der Waals surface area contributed by atoms with Crippen LogP contribution in [0.4, 0.5) is 0 Å². The maximum atomic E-state index is 10.5. The lowest BCUT2D eigenvalue weighted by molar-refractivity contribution is -0.108. The van der Waals surface area contributed by atoms with E-state index in [1.165, 1.54) is 0 Å². The summed E-state index contributed by atoms with van der Waals surface area (Å²) in [5.41, 5.74) is 0.295. The van der Waals surface area contributed by atoms with Crippen molar-refractivity contribution >= 4 is 0 Å². The van der Waals surface area contributed by atoms with E-state index < -0.39 is 5.60 Å². The molecule has 4 nitrogen and oxygen atoms in total. The Balaban J connectivity index is 1.99. The molecule has 0 spiro atoms. The number of hydrogen-bond acceptors (Lipinski definition) is 4. The van der Waals surface area contributed by atoms with Crippen molar-refractivity contribution in [1.29, 1.82) is 0 Å². The zero-order valence-electron chi connectivity index (χ0n) is 12.2. The molecular formula is C16H25NO3. The second kappa shape index (κ2) is 6.68. The number of benzene rings is 1. The highest BCUT2D eigenvalue weighted by Gasteiger charge is 2.42. The maximum Gasteiger partial charge on any atom is 0.0797 e. The molecule has 1 aromatic carbocycles. The summed E-state index contributed by atoms with van der Waals surface area (Å²) in [5, 5.41) is 23.3. The van der Waals surface area contributed by atoms with Gasteiger partial charge in [0.25, 0.3) is 0 Å². The van der Waals surface area contributed by atoms with Gasteiger partial charge in [-0.25, -0.2) is 0 Å². The van der Waals surface area contributed by atoms with Crippen molar-refractivity contribution in [2.24, 2.45) is 0 Å². The molecule has 0 aromatic heterocycles. The molecule has 1 saturated heterocycles. The average Bonchev–Trinajstić information content (AvgIpc) is 2.45. The Kier molecular flexibility index (Phi) is 5.16. The highest BCUT2D eigenvalue weighted by atomic mass is 16.5. The van der Waals surface area contributed by atoms with Gasteiger partial charge in [0.05, 0.1) is 31.0 Å². The number of rotatable bonds is 5. The van der Waals surface area contributed by atoms with E-state index in [2.05, 4.69) is 5.32 Å². The van der Waals surface area contributed by atoms with Crippen molar-refractivity contribution in [3.8, 4) is 0 Å². The number of aliphatic hydroxyl groups is 2. The Bertz CT molecular complexity index is 407. The van der Waals surface area contributed by atoms with Crippen molar-refractivity contribution in [3.05, 3.63) is 35.9 Å². The van der Waals surface area contributed by atoms with Crippen LogP contribution in [0.15, 0.2) is 30.3 Å². The molecule has 4 atom stereocenters. The van der Waals surface area contributed by atoms with Gasteiger partial charge in [0.1, 0.15) is 0 Å². The highest BCUT2D eigenvalue weighted by Crippen LogP contribution is 2.28. The van der Waals surface area contributed by atoms with Gasteiger partial charge in [0, 0.05) is 12.5 Å². The molecule has 1 aromatic rings. The van der Waals surface area contributed by atoms with Crippen LogP contribution < -0.4 is 5.32 Å². The van der Waals surface area contributed by atoms with Crippen molar-refractivity contribution in [2.75, 3.05) is 6.61 Å². The van der Waals surface area contributed by atoms with Crippen LogP contribution in [0, 0.1) is 0 Å². The van der Waals surface area contributed by atoms with E-state index in [0.717, 1.165) is 12.0 Å². The lowest BCUT2D eigenvalue weighted by Gasteiger charge is -2.45. The SMILES string of the molecule is CC[C@H]1N[C@@H](CO)[C@@H](OCc2ccccc2)C[C@]1(C)O. The summed E-state index contributed by atoms with van der Waals surface area (Å²) in [6.07, 6.45) is 1.18. The molecule has 0 unspecified atom stereocenters. The van der Waals surface area contributed by atoms with Crippen LogP contribution in [0.3, 0.4) is 0 Å². The van der Waals surface area contributed by atoms with Gasteiger partial charge in [-0.1, -0.05) is 37.3 Å². The van der Waals surface area contributed by atoms with Crippen LogP contribution in [-0.2, 0) is 11.3 Å². The minimum atomic E-state index is -0.804. The smallest absolute Gasteiger partial charge is 0.0797 e. The van der Waals surface area contributed by atoms with E-state index in [0.29, 0.717) is 13.0 Å². The van der Waals surface area contributed by atoms with Gasteiger partial charge in [0.15, 0.2) is 0 Å². The highest BCUT2D eigenvalue weighted by molar-refractivity contribution is 5.13. The van der Waals surface area contributed by atoms with Crippen LogP contribution in [0.1, 0.15) is 32.3 Å². The largest absolute Gasteiger partial charge is 0.395 e. The molecule has 3 N–H and O–H groups in total. The number of ether oxygens (including phenoxy) is 1. The van der Waals surface area contributed by atoms with Gasteiger partial charge in [-0.3, -0.25) is 0 Å². The molecule has 1 heterocycles. The van der Waals surface area contributed by atoms with E-state index in [1.54, 1.807) is 0 Å². The van der Waals surface area contributed by atoms with Crippen LogP contribution in [0.5, 0.6) is 0 Å². The Morgan fingerprint density at radius 2 is 2.05 bits per heavy atom. The summed E-state index contributed by atoms with van der Waals surface area (Å²) in [6, 6.07) is 9.82. The Hall–Kier alpha value is -0.940. The first-order valence-electron chi connectivity index (χ1n) is 7.31. The average molecular weight is 279 g/mol. The Morgan fingerprint density at radius 3 is 2.65 bits per heavy atom. The van der Waals surface area contributed by atoms with Gasteiger partial charge < -0.3 is 20.3 Å². The van der Waals surface area contributed by atoms with Gasteiger partial charge in [0.2, 0.25) is 0 Å². The molecule has 4 heteroatoms. The topological polar surface area (TPSA) is 61.7 Å². The first-order valence-corrected chi connectivity index (χ1v) is 7.31. The van der Waals surface area contributed by atoms with Crippen LogP contribution in [0.2, 0.25) is 0 Å². The summed E-state index contributed by atoms with van der Waals surface area (Å²) in [6.45, 7) is 4.38. The molecule has 0 radical (unpaired) electrons. The minimum absolute atomic E-state index is 0.00350. The molecule has 1 aliphatic rings. The summed E-state index contributed by atoms with van der Waals surface area (Å²) < 4.78 is 5.92. The van der Waals surface area contributed by atoms with Crippen LogP contribution in [0.25, 0.3) is 0 Å². The molecule has 0 bridgehead atoms. The van der Waals surface area contributed by atoms with Crippen molar-refractivity contribution < 1.29 is 14.9 Å². The molecule has 1 aliphatic heterocycles. The van der Waals surface area contributed by atoms with Gasteiger partial charge in [-0.15, -0.1) is 0 Å². The minimum Gasteiger partial charge on any atom is -0.395 e. The molecule has 112 valence electrons. The monoisotopic (exact) mass is 279 g/mol. The molecule has 0 aliphatic carbocycles. The summed E-state index contributed by atoms with van der Waals surface area (Å²) in [7, 11) is 0. The number of aliphatic hydroxyl groups excluding tert-OH is 1. The fourth-order valence-electron chi connectivity index (χ4n) is 2.92. The standard InChI is InChI=1S/C16H25NO3/c1-3-15-16(2,19)9-14(13(10-18)17-15)20-11-12-7-5-4-6-8-12/h4-8,13-15,17-19H,3,9-11H2,1-2H3/t13-,14-,15+,16-/m0/s1. The third-order valence-electron chi connectivity index (χ3n) is 4.14. The zero-order valence-corrected chi connectivity index (χ0v) is 12.2. The normalized spacial score (nSPS) is 34.1. The number of hydrogen-bond donors (Lipinski definition) is 3. The number of piperidine rings is 1. The third kappa shape index (κ3) is 3.58. The van der Waals surface area contributed by atoms with Crippen molar-refractivity contribution in [1.82, 2.24) is 5.32 Å². The summed E-state index contributed by atoms with van der Waals surface area (Å²) >= 11 is 0. The van der Waals surface area contributed by atoms with Gasteiger partial charge in [-0.2, -0.15) is 0 Å². The quantitative estimate of drug-likeness (QED) is 0.763. The Morgan fingerprint density at radius 1 is 1.35 bits per heavy atom. The van der Waals surface area contributed by atoms with E-state index in [-0.39, 0.29) is 24.8 Å². The lowest BCUT2D eigenvalue weighted by atomic mass is 9.81. The van der Waals surface area contributed by atoms with Crippen molar-refractivity contribution in [3.63, 3.8) is 0 Å². The molecule has 1 fully saturated rings. The van der Waals surface area contributed by atoms with Gasteiger partial charge >= 0.3 is 0 Å². The second-order valence-electron chi connectivity index (χ2n) is 5.81. The molecule has 0 amide bonds. The van der Waals surface area contributed by atoms with E-state index >= 15 is 0 Å². The predicted octanol–water partition coefficient (Wildman–Crippen LogP) is 1.46.